The van der Waals surface area contributed by atoms with E-state index in [2.05, 4.69) is 36.0 Å². The Labute approximate surface area is 154 Å². The van der Waals surface area contributed by atoms with Crippen LogP contribution in [-0.2, 0) is 9.53 Å². The lowest BCUT2D eigenvalue weighted by molar-refractivity contribution is -0.116. The molecule has 1 amide bonds. The van der Waals surface area contributed by atoms with E-state index >= 15 is 0 Å². The third kappa shape index (κ3) is 5.92. The van der Waals surface area contributed by atoms with Crippen molar-refractivity contribution in [2.24, 2.45) is 0 Å². The molecule has 0 aliphatic heterocycles. The number of anilines is 1. The average molecular weight is 355 g/mol. The van der Waals surface area contributed by atoms with Crippen LogP contribution >= 0.6 is 0 Å². The lowest BCUT2D eigenvalue weighted by atomic mass is 10.0. The fraction of sp³-hybridized carbons (Fsp3) is 0.333. The van der Waals surface area contributed by atoms with Crippen molar-refractivity contribution in [2.75, 3.05) is 19.0 Å². The van der Waals surface area contributed by atoms with Gasteiger partial charge in [0.05, 0.1) is 19.3 Å². The van der Waals surface area contributed by atoms with Crippen LogP contribution in [0.2, 0.25) is 0 Å². The molecule has 0 heterocycles. The quantitative estimate of drug-likeness (QED) is 0.563. The second kappa shape index (κ2) is 9.61. The first-order valence-corrected chi connectivity index (χ1v) is 8.70. The first kappa shape index (κ1) is 19.5. The molecule has 5 heteroatoms. The molecule has 2 aromatic rings. The van der Waals surface area contributed by atoms with Crippen LogP contribution in [0.4, 0.5) is 5.69 Å². The van der Waals surface area contributed by atoms with Crippen molar-refractivity contribution in [1.29, 1.82) is 0 Å². The van der Waals surface area contributed by atoms with E-state index in [1.54, 1.807) is 24.3 Å². The minimum atomic E-state index is -0.401. The number of hydrogen-bond donors (Lipinski definition) is 1. The summed E-state index contributed by atoms with van der Waals surface area (Å²) in [7, 11) is 1.33. The molecule has 0 bridgehead atoms. The van der Waals surface area contributed by atoms with Gasteiger partial charge >= 0.3 is 5.97 Å². The predicted molar refractivity (Wildman–Crippen MR) is 102 cm³/mol. The Kier molecular flexibility index (Phi) is 7.21. The van der Waals surface area contributed by atoms with Gasteiger partial charge in [0.15, 0.2) is 0 Å². The largest absolute Gasteiger partial charge is 0.494 e. The van der Waals surface area contributed by atoms with E-state index in [0.29, 0.717) is 36.6 Å². The van der Waals surface area contributed by atoms with Crippen molar-refractivity contribution in [2.45, 2.75) is 32.6 Å². The molecule has 5 nitrogen and oxygen atoms in total. The SMILES string of the molecule is COC(=O)c1ccc(NC(=O)CCCOc2ccc(C(C)C)cc2)cc1. The van der Waals surface area contributed by atoms with Crippen molar-refractivity contribution in [3.63, 3.8) is 0 Å². The van der Waals surface area contributed by atoms with Crippen molar-refractivity contribution >= 4 is 17.6 Å². The van der Waals surface area contributed by atoms with Gasteiger partial charge in [0.2, 0.25) is 5.91 Å². The smallest absolute Gasteiger partial charge is 0.337 e. The Morgan fingerprint density at radius 2 is 1.65 bits per heavy atom. The van der Waals surface area contributed by atoms with Crippen molar-refractivity contribution in [3.8, 4) is 5.75 Å². The fourth-order valence-corrected chi connectivity index (χ4v) is 2.40. The Morgan fingerprint density at radius 1 is 1.00 bits per heavy atom. The molecule has 0 saturated carbocycles. The summed E-state index contributed by atoms with van der Waals surface area (Å²) in [4.78, 5) is 23.3. The summed E-state index contributed by atoms with van der Waals surface area (Å²) in [5.74, 6) is 0.818. The standard InChI is InChI=1S/C21H25NO4/c1-15(2)16-8-12-19(13-9-16)26-14-4-5-20(23)22-18-10-6-17(7-11-18)21(24)25-3/h6-13,15H,4-5,14H2,1-3H3,(H,22,23). The zero-order valence-corrected chi connectivity index (χ0v) is 15.5. The van der Waals surface area contributed by atoms with Crippen molar-refractivity contribution in [3.05, 3.63) is 59.7 Å². The molecule has 0 aliphatic rings. The molecule has 138 valence electrons. The molecule has 0 atom stereocenters. The molecule has 0 radical (unpaired) electrons. The van der Waals surface area contributed by atoms with E-state index in [4.69, 9.17) is 4.74 Å². The van der Waals surface area contributed by atoms with Crippen LogP contribution in [0, 0.1) is 0 Å². The minimum Gasteiger partial charge on any atom is -0.494 e. The van der Waals surface area contributed by atoms with E-state index < -0.39 is 5.97 Å². The van der Waals surface area contributed by atoms with Crippen LogP contribution in [0.1, 0.15) is 48.5 Å². The Balaban J connectivity index is 1.71. The molecule has 0 unspecified atom stereocenters. The first-order valence-electron chi connectivity index (χ1n) is 8.70. The predicted octanol–water partition coefficient (Wildman–Crippen LogP) is 4.39. The third-order valence-corrected chi connectivity index (χ3v) is 3.95. The monoisotopic (exact) mass is 355 g/mol. The summed E-state index contributed by atoms with van der Waals surface area (Å²) in [5.41, 5.74) is 2.37. The molecule has 0 aliphatic carbocycles. The van der Waals surface area contributed by atoms with Crippen LogP contribution in [0.5, 0.6) is 5.75 Å². The van der Waals surface area contributed by atoms with E-state index in [0.717, 1.165) is 5.75 Å². The van der Waals surface area contributed by atoms with Gasteiger partial charge in [-0.15, -0.1) is 0 Å². The molecule has 1 N–H and O–H groups in total. The van der Waals surface area contributed by atoms with Crippen molar-refractivity contribution in [1.82, 2.24) is 0 Å². The summed E-state index contributed by atoms with van der Waals surface area (Å²) in [6.07, 6.45) is 0.987. The average Bonchev–Trinajstić information content (AvgIpc) is 2.65. The highest BCUT2D eigenvalue weighted by molar-refractivity contribution is 5.93. The maximum atomic E-state index is 12.0. The number of carbonyl (C=O) groups is 2. The number of benzene rings is 2. The van der Waals surface area contributed by atoms with E-state index in [9.17, 15) is 9.59 Å². The number of carbonyl (C=O) groups excluding carboxylic acids is 2. The molecule has 0 fully saturated rings. The van der Waals surface area contributed by atoms with Gasteiger partial charge in [-0.3, -0.25) is 4.79 Å². The number of nitrogens with one attached hydrogen (secondary N) is 1. The molecule has 0 saturated heterocycles. The highest BCUT2D eigenvalue weighted by atomic mass is 16.5. The van der Waals surface area contributed by atoms with Crippen LogP contribution in [0.3, 0.4) is 0 Å². The van der Waals surface area contributed by atoms with Gasteiger partial charge < -0.3 is 14.8 Å². The topological polar surface area (TPSA) is 64.6 Å². The van der Waals surface area contributed by atoms with Crippen LogP contribution in [0.25, 0.3) is 0 Å². The molecule has 2 rings (SSSR count). The molecule has 2 aromatic carbocycles. The van der Waals surface area contributed by atoms with Gasteiger partial charge in [0.1, 0.15) is 5.75 Å². The Morgan fingerprint density at radius 3 is 2.23 bits per heavy atom. The van der Waals surface area contributed by atoms with Crippen LogP contribution in [0.15, 0.2) is 48.5 Å². The Hall–Kier alpha value is -2.82. The van der Waals surface area contributed by atoms with Gasteiger partial charge in [-0.25, -0.2) is 4.79 Å². The number of hydrogen-bond acceptors (Lipinski definition) is 4. The third-order valence-electron chi connectivity index (χ3n) is 3.95. The van der Waals surface area contributed by atoms with Gasteiger partial charge in [0.25, 0.3) is 0 Å². The van der Waals surface area contributed by atoms with Crippen molar-refractivity contribution < 1.29 is 19.1 Å². The van der Waals surface area contributed by atoms with Gasteiger partial charge in [-0.1, -0.05) is 26.0 Å². The Bertz CT molecular complexity index is 721. The number of methoxy groups -OCH3 is 1. The summed E-state index contributed by atoms with van der Waals surface area (Å²) >= 11 is 0. The maximum Gasteiger partial charge on any atom is 0.337 e. The number of rotatable bonds is 8. The van der Waals surface area contributed by atoms with Crippen LogP contribution in [-0.4, -0.2) is 25.6 Å². The highest BCUT2D eigenvalue weighted by Gasteiger charge is 2.06. The molecular weight excluding hydrogens is 330 g/mol. The zero-order chi connectivity index (χ0) is 18.9. The maximum absolute atomic E-state index is 12.0. The van der Waals surface area contributed by atoms with E-state index in [-0.39, 0.29) is 5.91 Å². The molecular formula is C21H25NO4. The molecule has 26 heavy (non-hydrogen) atoms. The number of ether oxygens (including phenoxy) is 2. The van der Waals surface area contributed by atoms with Gasteiger partial charge in [-0.05, 0) is 54.3 Å². The summed E-state index contributed by atoms with van der Waals surface area (Å²) < 4.78 is 10.3. The van der Waals surface area contributed by atoms with Gasteiger partial charge in [-0.2, -0.15) is 0 Å². The van der Waals surface area contributed by atoms with E-state index in [1.165, 1.54) is 12.7 Å². The normalized spacial score (nSPS) is 10.5. The van der Waals surface area contributed by atoms with Crippen LogP contribution < -0.4 is 10.1 Å². The van der Waals surface area contributed by atoms with Gasteiger partial charge in [0, 0.05) is 12.1 Å². The summed E-state index contributed by atoms with van der Waals surface area (Å²) in [6.45, 7) is 4.78. The lowest BCUT2D eigenvalue weighted by Gasteiger charge is -2.09. The van der Waals surface area contributed by atoms with E-state index in [1.807, 2.05) is 12.1 Å². The summed E-state index contributed by atoms with van der Waals surface area (Å²) in [6, 6.07) is 14.6. The fourth-order valence-electron chi connectivity index (χ4n) is 2.40. The number of amides is 1. The highest BCUT2D eigenvalue weighted by Crippen LogP contribution is 2.18. The zero-order valence-electron chi connectivity index (χ0n) is 15.5. The second-order valence-corrected chi connectivity index (χ2v) is 6.29. The second-order valence-electron chi connectivity index (χ2n) is 6.29. The molecule has 0 spiro atoms. The summed E-state index contributed by atoms with van der Waals surface area (Å²) in [5, 5.41) is 2.80. The minimum absolute atomic E-state index is 0.0884. The first-order chi connectivity index (χ1) is 12.5. The number of esters is 1. The molecule has 0 aromatic heterocycles. The lowest BCUT2D eigenvalue weighted by Crippen LogP contribution is -2.13.